The predicted octanol–water partition coefficient (Wildman–Crippen LogP) is 4.31. The number of amides is 1. The lowest BCUT2D eigenvalue weighted by Gasteiger charge is -2.11. The van der Waals surface area contributed by atoms with E-state index in [0.717, 1.165) is 16.8 Å². The van der Waals surface area contributed by atoms with Crippen LogP contribution < -0.4 is 5.32 Å². The lowest BCUT2D eigenvalue weighted by atomic mass is 10.1. The van der Waals surface area contributed by atoms with E-state index in [1.807, 2.05) is 32.0 Å². The molecule has 0 radical (unpaired) electrons. The number of carbonyl (C=O) groups excluding carboxylic acids is 2. The maximum Gasteiger partial charge on any atom is 0.257 e. The zero-order valence-corrected chi connectivity index (χ0v) is 13.7. The van der Waals surface area contributed by atoms with Crippen LogP contribution in [0.2, 0.25) is 0 Å². The summed E-state index contributed by atoms with van der Waals surface area (Å²) in [5.41, 5.74) is 3.36. The van der Waals surface area contributed by atoms with Crippen LogP contribution in [0, 0.1) is 19.7 Å². The predicted molar refractivity (Wildman–Crippen MR) is 92.1 cm³/mol. The number of carbonyl (C=O) groups is 2. The Morgan fingerprint density at radius 2 is 1.75 bits per heavy atom. The number of halogens is 1. The summed E-state index contributed by atoms with van der Waals surface area (Å²) in [6.45, 7) is 5.20. The summed E-state index contributed by atoms with van der Waals surface area (Å²) in [5, 5.41) is 3.43. The van der Waals surface area contributed by atoms with E-state index in [2.05, 4.69) is 5.32 Å². The number of fused-ring (bicyclic) bond motifs is 1. The number of anilines is 1. The number of para-hydroxylation sites is 1. The third-order valence-electron chi connectivity index (χ3n) is 4.07. The van der Waals surface area contributed by atoms with Gasteiger partial charge in [0.2, 0.25) is 5.91 Å². The highest BCUT2D eigenvalue weighted by Gasteiger charge is 2.18. The van der Waals surface area contributed by atoms with Crippen LogP contribution in [0.25, 0.3) is 10.9 Å². The van der Waals surface area contributed by atoms with Crippen LogP contribution in [0.3, 0.4) is 0 Å². The van der Waals surface area contributed by atoms with Crippen molar-refractivity contribution in [2.75, 3.05) is 5.32 Å². The van der Waals surface area contributed by atoms with Crippen molar-refractivity contribution in [3.63, 3.8) is 0 Å². The minimum absolute atomic E-state index is 0.281. The lowest BCUT2D eigenvalue weighted by molar-refractivity contribution is 0.0941. The van der Waals surface area contributed by atoms with Crippen molar-refractivity contribution in [1.82, 2.24) is 4.57 Å². The molecule has 1 heterocycles. The van der Waals surface area contributed by atoms with Crippen molar-refractivity contribution in [3.05, 3.63) is 65.1 Å². The van der Waals surface area contributed by atoms with E-state index in [0.29, 0.717) is 16.5 Å². The van der Waals surface area contributed by atoms with Crippen molar-refractivity contribution in [3.8, 4) is 0 Å². The summed E-state index contributed by atoms with van der Waals surface area (Å²) in [6, 6.07) is 9.80. The van der Waals surface area contributed by atoms with E-state index in [-0.39, 0.29) is 11.8 Å². The fourth-order valence-electron chi connectivity index (χ4n) is 2.83. The van der Waals surface area contributed by atoms with Crippen LogP contribution in [0.4, 0.5) is 10.1 Å². The first-order valence-corrected chi connectivity index (χ1v) is 7.57. The fraction of sp³-hybridized carbons (Fsp3) is 0.158. The molecule has 0 aliphatic rings. The number of hydrogen-bond acceptors (Lipinski definition) is 2. The van der Waals surface area contributed by atoms with Gasteiger partial charge in [0, 0.05) is 24.2 Å². The third-order valence-corrected chi connectivity index (χ3v) is 4.07. The Morgan fingerprint density at radius 3 is 2.38 bits per heavy atom. The summed E-state index contributed by atoms with van der Waals surface area (Å²) in [4.78, 5) is 24.5. The lowest BCUT2D eigenvalue weighted by Crippen LogP contribution is -2.13. The molecule has 0 aliphatic heterocycles. The van der Waals surface area contributed by atoms with Gasteiger partial charge in [0.1, 0.15) is 5.82 Å². The Labute approximate surface area is 138 Å². The van der Waals surface area contributed by atoms with E-state index in [4.69, 9.17) is 0 Å². The van der Waals surface area contributed by atoms with Gasteiger partial charge in [0.05, 0.1) is 11.1 Å². The first-order chi connectivity index (χ1) is 11.4. The normalized spacial score (nSPS) is 10.8. The fourth-order valence-corrected chi connectivity index (χ4v) is 2.83. The van der Waals surface area contributed by atoms with Gasteiger partial charge < -0.3 is 5.32 Å². The standard InChI is InChI=1S/C19H17FN2O2/c1-11-5-4-6-12(2)18(11)21-19(24)16-10-22(13(3)23)17-9-14(20)7-8-15(16)17/h4-10H,1-3H3,(H,21,24). The molecule has 0 atom stereocenters. The quantitative estimate of drug-likeness (QED) is 0.763. The molecule has 2 aromatic carbocycles. The second kappa shape index (κ2) is 5.92. The molecule has 0 saturated heterocycles. The van der Waals surface area contributed by atoms with Crippen molar-refractivity contribution in [1.29, 1.82) is 0 Å². The maximum atomic E-state index is 13.5. The molecule has 4 nitrogen and oxygen atoms in total. The van der Waals surface area contributed by atoms with Crippen LogP contribution in [-0.4, -0.2) is 16.4 Å². The van der Waals surface area contributed by atoms with Crippen molar-refractivity contribution in [2.45, 2.75) is 20.8 Å². The van der Waals surface area contributed by atoms with Gasteiger partial charge in [-0.1, -0.05) is 18.2 Å². The molecule has 1 N–H and O–H groups in total. The van der Waals surface area contributed by atoms with Gasteiger partial charge in [-0.25, -0.2) is 4.39 Å². The molecule has 5 heteroatoms. The molecule has 24 heavy (non-hydrogen) atoms. The zero-order chi connectivity index (χ0) is 17.4. The molecular formula is C19H17FN2O2. The zero-order valence-electron chi connectivity index (χ0n) is 13.7. The number of aryl methyl sites for hydroxylation is 2. The number of nitrogens with one attached hydrogen (secondary N) is 1. The van der Waals surface area contributed by atoms with Crippen LogP contribution in [0.1, 0.15) is 33.2 Å². The van der Waals surface area contributed by atoms with E-state index in [1.54, 1.807) is 0 Å². The Kier molecular flexibility index (Phi) is 3.93. The monoisotopic (exact) mass is 324 g/mol. The Bertz CT molecular complexity index is 953. The number of rotatable bonds is 2. The Hall–Kier alpha value is -2.95. The minimum atomic E-state index is -0.454. The molecule has 0 fully saturated rings. The van der Waals surface area contributed by atoms with E-state index < -0.39 is 5.82 Å². The highest BCUT2D eigenvalue weighted by molar-refractivity contribution is 6.14. The molecule has 1 aromatic heterocycles. The highest BCUT2D eigenvalue weighted by atomic mass is 19.1. The van der Waals surface area contributed by atoms with E-state index in [1.165, 1.54) is 35.9 Å². The highest BCUT2D eigenvalue weighted by Crippen LogP contribution is 2.25. The van der Waals surface area contributed by atoms with Crippen molar-refractivity contribution in [2.24, 2.45) is 0 Å². The topological polar surface area (TPSA) is 51.1 Å². The molecule has 0 aliphatic carbocycles. The van der Waals surface area contributed by atoms with Gasteiger partial charge in [0.15, 0.2) is 0 Å². The van der Waals surface area contributed by atoms with Crippen LogP contribution >= 0.6 is 0 Å². The summed E-state index contributed by atoms with van der Waals surface area (Å²) in [5.74, 6) is -1.06. The Balaban J connectivity index is 2.09. The maximum absolute atomic E-state index is 13.5. The molecule has 122 valence electrons. The molecule has 3 rings (SSSR count). The first-order valence-electron chi connectivity index (χ1n) is 7.57. The van der Waals surface area contributed by atoms with Crippen LogP contribution in [-0.2, 0) is 0 Å². The van der Waals surface area contributed by atoms with Gasteiger partial charge in [-0.15, -0.1) is 0 Å². The third kappa shape index (κ3) is 2.69. The van der Waals surface area contributed by atoms with Gasteiger partial charge >= 0.3 is 0 Å². The molecular weight excluding hydrogens is 307 g/mol. The van der Waals surface area contributed by atoms with Crippen LogP contribution in [0.5, 0.6) is 0 Å². The molecule has 3 aromatic rings. The van der Waals surface area contributed by atoms with Gasteiger partial charge in [0.25, 0.3) is 5.91 Å². The average Bonchev–Trinajstić information content (AvgIpc) is 2.89. The van der Waals surface area contributed by atoms with Gasteiger partial charge in [-0.05, 0) is 43.2 Å². The molecule has 0 spiro atoms. The smallest absolute Gasteiger partial charge is 0.257 e. The number of benzene rings is 2. The second-order valence-electron chi connectivity index (χ2n) is 5.81. The number of aromatic nitrogens is 1. The number of nitrogens with zero attached hydrogens (tertiary/aromatic N) is 1. The number of hydrogen-bond donors (Lipinski definition) is 1. The molecule has 1 amide bonds. The summed E-state index contributed by atoms with van der Waals surface area (Å²) in [7, 11) is 0. The summed E-state index contributed by atoms with van der Waals surface area (Å²) < 4.78 is 14.8. The van der Waals surface area contributed by atoms with Gasteiger partial charge in [-0.3, -0.25) is 14.2 Å². The summed E-state index contributed by atoms with van der Waals surface area (Å²) >= 11 is 0. The van der Waals surface area contributed by atoms with Crippen molar-refractivity contribution < 1.29 is 14.0 Å². The first kappa shape index (κ1) is 15.9. The van der Waals surface area contributed by atoms with E-state index >= 15 is 0 Å². The summed E-state index contributed by atoms with van der Waals surface area (Å²) in [6.07, 6.45) is 1.45. The van der Waals surface area contributed by atoms with Gasteiger partial charge in [-0.2, -0.15) is 0 Å². The average molecular weight is 324 g/mol. The molecule has 0 saturated carbocycles. The Morgan fingerprint density at radius 1 is 1.08 bits per heavy atom. The molecule has 0 bridgehead atoms. The van der Waals surface area contributed by atoms with Crippen molar-refractivity contribution >= 4 is 28.4 Å². The largest absolute Gasteiger partial charge is 0.321 e. The minimum Gasteiger partial charge on any atom is -0.321 e. The van der Waals surface area contributed by atoms with Crippen LogP contribution in [0.15, 0.2) is 42.6 Å². The second-order valence-corrected chi connectivity index (χ2v) is 5.81. The SMILES string of the molecule is CC(=O)n1cc(C(=O)Nc2c(C)cccc2C)c2ccc(F)cc21. The molecule has 0 unspecified atom stereocenters. The van der Waals surface area contributed by atoms with E-state index in [9.17, 15) is 14.0 Å².